The van der Waals surface area contributed by atoms with Gasteiger partial charge in [-0.3, -0.25) is 0 Å². The molecule has 1 aliphatic heterocycles. The molecule has 3 heteroatoms. The average Bonchev–Trinajstić information content (AvgIpc) is 3.16. The molecule has 0 atom stereocenters. The first kappa shape index (κ1) is 17.8. The van der Waals surface area contributed by atoms with Crippen LogP contribution < -0.4 is 4.74 Å². The number of benzene rings is 2. The lowest BCUT2D eigenvalue weighted by Crippen LogP contribution is -2.17. The molecule has 3 nitrogen and oxygen atoms in total. The molecule has 140 valence electrons. The molecule has 0 spiro atoms. The van der Waals surface area contributed by atoms with Crippen molar-refractivity contribution in [1.29, 1.82) is 0 Å². The molecule has 0 radical (unpaired) electrons. The fourth-order valence-electron chi connectivity index (χ4n) is 3.76. The summed E-state index contributed by atoms with van der Waals surface area (Å²) in [5.41, 5.74) is 7.58. The Kier molecular flexibility index (Phi) is 5.28. The van der Waals surface area contributed by atoms with Gasteiger partial charge in [-0.25, -0.2) is 4.99 Å². The Morgan fingerprint density at radius 2 is 1.85 bits per heavy atom. The van der Waals surface area contributed by atoms with Gasteiger partial charge in [-0.1, -0.05) is 30.7 Å². The monoisotopic (exact) mass is 361 g/mol. The molecule has 2 aliphatic rings. The molecule has 0 unspecified atom stereocenters. The zero-order valence-electron chi connectivity index (χ0n) is 16.3. The van der Waals surface area contributed by atoms with Crippen molar-refractivity contribution in [3.05, 3.63) is 76.0 Å². The third-order valence-corrected chi connectivity index (χ3v) is 5.43. The van der Waals surface area contributed by atoms with Crippen LogP contribution in [0.5, 0.6) is 5.75 Å². The lowest BCUT2D eigenvalue weighted by atomic mass is 10.1. The summed E-state index contributed by atoms with van der Waals surface area (Å²) in [5.74, 6) is 1.70. The van der Waals surface area contributed by atoms with Gasteiger partial charge in [-0.05, 0) is 73.6 Å². The summed E-state index contributed by atoms with van der Waals surface area (Å²) in [6, 6.07) is 14.9. The lowest BCUT2D eigenvalue weighted by molar-refractivity contribution is 0.306. The van der Waals surface area contributed by atoms with Gasteiger partial charge in [0.25, 0.3) is 0 Å². The summed E-state index contributed by atoms with van der Waals surface area (Å²) >= 11 is 0. The van der Waals surface area contributed by atoms with Crippen LogP contribution in [0.4, 0.5) is 0 Å². The van der Waals surface area contributed by atoms with Gasteiger partial charge in [0.1, 0.15) is 12.4 Å². The molecule has 27 heavy (non-hydrogen) atoms. The van der Waals surface area contributed by atoms with E-state index >= 15 is 0 Å². The van der Waals surface area contributed by atoms with Gasteiger partial charge in [-0.15, -0.1) is 0 Å². The van der Waals surface area contributed by atoms with Gasteiger partial charge >= 0.3 is 0 Å². The smallest absolute Gasteiger partial charge is 0.221 e. The van der Waals surface area contributed by atoms with E-state index in [4.69, 9.17) is 14.5 Å². The van der Waals surface area contributed by atoms with Crippen LogP contribution in [-0.4, -0.2) is 19.1 Å². The first-order valence-corrected chi connectivity index (χ1v) is 9.97. The van der Waals surface area contributed by atoms with Crippen LogP contribution in [-0.2, 0) is 17.6 Å². The van der Waals surface area contributed by atoms with Crippen LogP contribution in [0.25, 0.3) is 0 Å². The van der Waals surface area contributed by atoms with E-state index in [1.165, 1.54) is 41.5 Å². The van der Waals surface area contributed by atoms with Crippen molar-refractivity contribution in [2.45, 2.75) is 46.0 Å². The van der Waals surface area contributed by atoms with Crippen LogP contribution in [0, 0.1) is 6.92 Å². The fourth-order valence-corrected chi connectivity index (χ4v) is 3.76. The molecule has 0 N–H and O–H groups in total. The average molecular weight is 361 g/mol. The maximum atomic E-state index is 6.04. The number of rotatable bonds is 6. The van der Waals surface area contributed by atoms with E-state index in [-0.39, 0.29) is 0 Å². The second-order valence-electron chi connectivity index (χ2n) is 7.36. The summed E-state index contributed by atoms with van der Waals surface area (Å²) in [4.78, 5) is 4.82. The minimum atomic E-state index is 0.622. The normalized spacial score (nSPS) is 16.0. The molecule has 0 amide bonds. The molecule has 1 heterocycles. The molecule has 1 aliphatic carbocycles. The Hall–Kier alpha value is -2.55. The van der Waals surface area contributed by atoms with Crippen LogP contribution in [0.1, 0.15) is 48.4 Å². The van der Waals surface area contributed by atoms with Gasteiger partial charge in [0, 0.05) is 12.0 Å². The Morgan fingerprint density at radius 1 is 1.04 bits per heavy atom. The van der Waals surface area contributed by atoms with Crippen molar-refractivity contribution in [2.75, 3.05) is 13.2 Å². The number of nitrogens with zero attached hydrogens (tertiary/aromatic N) is 1. The highest BCUT2D eigenvalue weighted by molar-refractivity contribution is 5.95. The molecule has 0 saturated carbocycles. The van der Waals surface area contributed by atoms with Gasteiger partial charge in [0.05, 0.1) is 12.3 Å². The SMILES string of the molecule is CCC1=C(CCOc2ccc3c(c2)CCC3)N=C(c2ccc(C)cc2)OC1. The topological polar surface area (TPSA) is 30.8 Å². The number of ether oxygens (including phenoxy) is 2. The van der Waals surface area contributed by atoms with E-state index in [1.54, 1.807) is 0 Å². The second-order valence-corrected chi connectivity index (χ2v) is 7.36. The molecule has 0 saturated heterocycles. The lowest BCUT2D eigenvalue weighted by Gasteiger charge is -2.20. The van der Waals surface area contributed by atoms with E-state index in [2.05, 4.69) is 56.3 Å². The van der Waals surface area contributed by atoms with E-state index in [9.17, 15) is 0 Å². The maximum Gasteiger partial charge on any atom is 0.221 e. The zero-order chi connectivity index (χ0) is 18.6. The van der Waals surface area contributed by atoms with E-state index in [1.807, 2.05) is 0 Å². The van der Waals surface area contributed by atoms with E-state index in [0.717, 1.165) is 35.7 Å². The summed E-state index contributed by atoms with van der Waals surface area (Å²) < 4.78 is 11.9. The van der Waals surface area contributed by atoms with Gasteiger partial charge < -0.3 is 9.47 Å². The maximum absolute atomic E-state index is 6.04. The summed E-state index contributed by atoms with van der Waals surface area (Å²) in [5, 5.41) is 0. The highest BCUT2D eigenvalue weighted by Crippen LogP contribution is 2.27. The van der Waals surface area contributed by atoms with E-state index in [0.29, 0.717) is 13.2 Å². The Morgan fingerprint density at radius 3 is 2.67 bits per heavy atom. The third kappa shape index (κ3) is 4.08. The third-order valence-electron chi connectivity index (χ3n) is 5.43. The zero-order valence-corrected chi connectivity index (χ0v) is 16.3. The Bertz CT molecular complexity index is 878. The van der Waals surface area contributed by atoms with Crippen molar-refractivity contribution in [3.63, 3.8) is 0 Å². The number of hydrogen-bond donors (Lipinski definition) is 0. The molecule has 2 aromatic rings. The van der Waals surface area contributed by atoms with Gasteiger partial charge in [0.2, 0.25) is 5.90 Å². The fraction of sp³-hybridized carbons (Fsp3) is 0.375. The predicted molar refractivity (Wildman–Crippen MR) is 110 cm³/mol. The predicted octanol–water partition coefficient (Wildman–Crippen LogP) is 5.39. The number of hydrogen-bond acceptors (Lipinski definition) is 3. The summed E-state index contributed by atoms with van der Waals surface area (Å²) in [6.45, 7) is 5.51. The summed E-state index contributed by atoms with van der Waals surface area (Å²) in [6.07, 6.45) is 5.41. The van der Waals surface area contributed by atoms with Gasteiger partial charge in [0.15, 0.2) is 0 Å². The summed E-state index contributed by atoms with van der Waals surface area (Å²) in [7, 11) is 0. The Balaban J connectivity index is 1.44. The molecular formula is C24H27NO2. The molecule has 2 aromatic carbocycles. The van der Waals surface area contributed by atoms with Crippen molar-refractivity contribution in [3.8, 4) is 5.75 Å². The van der Waals surface area contributed by atoms with Crippen molar-refractivity contribution in [2.24, 2.45) is 4.99 Å². The minimum Gasteiger partial charge on any atom is -0.493 e. The number of aliphatic imine (C=N–C) groups is 1. The van der Waals surface area contributed by atoms with Crippen LogP contribution in [0.2, 0.25) is 0 Å². The van der Waals surface area contributed by atoms with Crippen molar-refractivity contribution < 1.29 is 9.47 Å². The van der Waals surface area contributed by atoms with Crippen molar-refractivity contribution in [1.82, 2.24) is 0 Å². The highest BCUT2D eigenvalue weighted by Gasteiger charge is 2.17. The standard InChI is InChI=1S/C24H27NO2/c1-3-18-16-27-24(20-9-7-17(2)8-10-20)25-23(18)13-14-26-22-12-11-19-5-4-6-21(19)15-22/h7-12,15H,3-6,13-14,16H2,1-2H3. The van der Waals surface area contributed by atoms with Crippen LogP contribution in [0.15, 0.2) is 58.7 Å². The quantitative estimate of drug-likeness (QED) is 0.690. The van der Waals surface area contributed by atoms with Crippen LogP contribution >= 0.6 is 0 Å². The van der Waals surface area contributed by atoms with Crippen molar-refractivity contribution >= 4 is 5.90 Å². The molecular weight excluding hydrogens is 334 g/mol. The molecule has 0 bridgehead atoms. The second kappa shape index (κ2) is 7.99. The van der Waals surface area contributed by atoms with E-state index < -0.39 is 0 Å². The molecule has 4 rings (SSSR count). The largest absolute Gasteiger partial charge is 0.493 e. The number of aryl methyl sites for hydroxylation is 3. The first-order chi connectivity index (χ1) is 13.2. The van der Waals surface area contributed by atoms with Crippen LogP contribution in [0.3, 0.4) is 0 Å². The highest BCUT2D eigenvalue weighted by atomic mass is 16.5. The first-order valence-electron chi connectivity index (χ1n) is 9.97. The Labute approximate surface area is 161 Å². The number of fused-ring (bicyclic) bond motifs is 1. The molecule has 0 fully saturated rings. The minimum absolute atomic E-state index is 0.622. The van der Waals surface area contributed by atoms with Gasteiger partial charge in [-0.2, -0.15) is 0 Å². The molecule has 0 aromatic heterocycles.